The average Bonchev–Trinajstić information content (AvgIpc) is 2.48. The van der Waals surface area contributed by atoms with Crippen LogP contribution in [0.2, 0.25) is 5.02 Å². The van der Waals surface area contributed by atoms with Gasteiger partial charge in [-0.3, -0.25) is 9.52 Å². The van der Waals surface area contributed by atoms with Gasteiger partial charge in [0.1, 0.15) is 22.6 Å². The summed E-state index contributed by atoms with van der Waals surface area (Å²) in [6.45, 7) is 0.504. The minimum atomic E-state index is -1.56. The van der Waals surface area contributed by atoms with Gasteiger partial charge in [-0.1, -0.05) is 30.9 Å². The van der Waals surface area contributed by atoms with Gasteiger partial charge >= 0.3 is 0 Å². The van der Waals surface area contributed by atoms with Crippen molar-refractivity contribution in [2.24, 2.45) is 5.92 Å². The Morgan fingerprint density at radius 1 is 1.41 bits per heavy atom. The van der Waals surface area contributed by atoms with Gasteiger partial charge in [-0.15, -0.1) is 0 Å². The molecule has 1 aromatic rings. The predicted molar refractivity (Wildman–Crippen MR) is 85.0 cm³/mol. The lowest BCUT2D eigenvalue weighted by Gasteiger charge is -2.22. The zero-order valence-electron chi connectivity index (χ0n) is 12.4. The van der Waals surface area contributed by atoms with Crippen LogP contribution < -0.4 is 9.46 Å². The summed E-state index contributed by atoms with van der Waals surface area (Å²) in [5.74, 6) is -0.803. The molecule has 2 rings (SSSR count). The van der Waals surface area contributed by atoms with Crippen LogP contribution in [0, 0.1) is 11.7 Å². The van der Waals surface area contributed by atoms with Crippen LogP contribution in [0.4, 0.5) is 4.39 Å². The van der Waals surface area contributed by atoms with Crippen molar-refractivity contribution in [3.8, 4) is 5.75 Å². The van der Waals surface area contributed by atoms with Crippen molar-refractivity contribution in [3.05, 3.63) is 28.5 Å². The number of halogens is 2. The Morgan fingerprint density at radius 2 is 2.09 bits per heavy atom. The summed E-state index contributed by atoms with van der Waals surface area (Å²) in [5.41, 5.74) is -0.245. The molecule has 0 heterocycles. The number of benzene rings is 1. The minimum absolute atomic E-state index is 0.171. The maximum absolute atomic E-state index is 14.0. The number of carbonyl (C=O) groups is 1. The van der Waals surface area contributed by atoms with Crippen molar-refractivity contribution in [2.45, 2.75) is 32.1 Å². The Labute approximate surface area is 137 Å². The van der Waals surface area contributed by atoms with Crippen LogP contribution in [-0.2, 0) is 11.0 Å². The summed E-state index contributed by atoms with van der Waals surface area (Å²) in [6, 6.07) is 2.31. The Hall–Kier alpha value is -1.14. The van der Waals surface area contributed by atoms with Gasteiger partial charge in [0.2, 0.25) is 0 Å². The molecule has 1 aliphatic carbocycles. The third-order valence-corrected chi connectivity index (χ3v) is 4.47. The molecule has 22 heavy (non-hydrogen) atoms. The number of ether oxygens (including phenoxy) is 1. The first kappa shape index (κ1) is 17.2. The third-order valence-electron chi connectivity index (χ3n) is 3.70. The van der Waals surface area contributed by atoms with E-state index in [0.717, 1.165) is 18.9 Å². The van der Waals surface area contributed by atoms with Crippen molar-refractivity contribution in [1.82, 2.24) is 4.72 Å². The molecule has 7 heteroatoms. The summed E-state index contributed by atoms with van der Waals surface area (Å²) >= 11 is 6.05. The molecule has 1 aromatic carbocycles. The van der Waals surface area contributed by atoms with E-state index in [1.165, 1.54) is 31.6 Å². The van der Waals surface area contributed by atoms with Crippen LogP contribution in [0.15, 0.2) is 12.1 Å². The molecule has 1 saturated carbocycles. The van der Waals surface area contributed by atoms with Crippen LogP contribution in [0.1, 0.15) is 42.5 Å². The summed E-state index contributed by atoms with van der Waals surface area (Å²) < 4.78 is 32.7. The van der Waals surface area contributed by atoms with Gasteiger partial charge in [-0.25, -0.2) is 8.60 Å². The van der Waals surface area contributed by atoms with E-state index in [1.807, 2.05) is 0 Å². The molecule has 0 aromatic heterocycles. The van der Waals surface area contributed by atoms with Crippen molar-refractivity contribution in [3.63, 3.8) is 0 Å². The number of hydrogen-bond donors (Lipinski definition) is 1. The fourth-order valence-corrected chi connectivity index (χ4v) is 3.15. The van der Waals surface area contributed by atoms with E-state index in [-0.39, 0.29) is 16.3 Å². The molecule has 1 aliphatic rings. The lowest BCUT2D eigenvalue weighted by molar-refractivity contribution is 0.0979. The van der Waals surface area contributed by atoms with Gasteiger partial charge in [0.05, 0.1) is 17.2 Å². The average molecular weight is 348 g/mol. The highest BCUT2D eigenvalue weighted by molar-refractivity contribution is 7.82. The topological polar surface area (TPSA) is 55.4 Å². The van der Waals surface area contributed by atoms with E-state index in [0.29, 0.717) is 12.5 Å². The molecule has 0 bridgehead atoms. The molecule has 1 N–H and O–H groups in total. The number of carbonyl (C=O) groups excluding carboxylic acids is 1. The number of rotatable bonds is 5. The monoisotopic (exact) mass is 347 g/mol. The van der Waals surface area contributed by atoms with E-state index in [1.54, 1.807) is 0 Å². The summed E-state index contributed by atoms with van der Waals surface area (Å²) in [7, 11) is -1.56. The summed E-state index contributed by atoms with van der Waals surface area (Å²) in [5, 5.41) is 0.171. The molecule has 1 amide bonds. The van der Waals surface area contributed by atoms with E-state index in [9.17, 15) is 13.4 Å². The van der Waals surface area contributed by atoms with Gasteiger partial charge in [0, 0.05) is 12.3 Å². The Morgan fingerprint density at radius 3 is 2.73 bits per heavy atom. The largest absolute Gasteiger partial charge is 0.492 e. The maximum atomic E-state index is 14.0. The van der Waals surface area contributed by atoms with Crippen molar-refractivity contribution >= 4 is 28.5 Å². The van der Waals surface area contributed by atoms with Crippen LogP contribution in [-0.4, -0.2) is 23.0 Å². The van der Waals surface area contributed by atoms with E-state index >= 15 is 0 Å². The molecular formula is C15H19ClFNO3S. The highest BCUT2D eigenvalue weighted by Gasteiger charge is 2.18. The molecule has 4 nitrogen and oxygen atoms in total. The normalized spacial score (nSPS) is 17.0. The molecule has 1 atom stereocenters. The lowest BCUT2D eigenvalue weighted by Crippen LogP contribution is -2.25. The standard InChI is InChI=1S/C15H19ClFNO3S/c1-22(20)18-15(19)11-7-12(16)14(8-13(11)17)21-9-10-5-3-2-4-6-10/h7-8,10H,2-6,9H2,1H3,(H,18,19). The fraction of sp³-hybridized carbons (Fsp3) is 0.533. The van der Waals surface area contributed by atoms with Gasteiger partial charge in [0.25, 0.3) is 5.91 Å². The van der Waals surface area contributed by atoms with Gasteiger partial charge in [-0.05, 0) is 24.8 Å². The van der Waals surface area contributed by atoms with Crippen LogP contribution >= 0.6 is 11.6 Å². The summed E-state index contributed by atoms with van der Waals surface area (Å²) in [4.78, 5) is 11.7. The molecule has 0 aliphatic heterocycles. The Bertz CT molecular complexity index is 576. The van der Waals surface area contributed by atoms with Gasteiger partial charge in [0.15, 0.2) is 0 Å². The molecule has 0 saturated heterocycles. The van der Waals surface area contributed by atoms with Gasteiger partial charge in [-0.2, -0.15) is 0 Å². The predicted octanol–water partition coefficient (Wildman–Crippen LogP) is 3.46. The zero-order valence-corrected chi connectivity index (χ0v) is 13.9. The molecule has 1 unspecified atom stereocenters. The first-order valence-corrected chi connectivity index (χ1v) is 9.17. The Kier molecular flexibility index (Phi) is 6.20. The molecule has 1 fully saturated rings. The fourth-order valence-electron chi connectivity index (χ4n) is 2.56. The van der Waals surface area contributed by atoms with Crippen molar-refractivity contribution < 1.29 is 18.1 Å². The lowest BCUT2D eigenvalue weighted by atomic mass is 9.90. The molecule has 122 valence electrons. The van der Waals surface area contributed by atoms with Gasteiger partial charge < -0.3 is 4.74 Å². The second kappa shape index (κ2) is 7.92. The van der Waals surface area contributed by atoms with Crippen LogP contribution in [0.5, 0.6) is 5.75 Å². The highest BCUT2D eigenvalue weighted by atomic mass is 35.5. The van der Waals surface area contributed by atoms with Crippen molar-refractivity contribution in [2.75, 3.05) is 12.9 Å². The second-order valence-electron chi connectivity index (χ2n) is 5.46. The van der Waals surface area contributed by atoms with Crippen LogP contribution in [0.3, 0.4) is 0 Å². The first-order valence-electron chi connectivity index (χ1n) is 7.23. The zero-order chi connectivity index (χ0) is 16.1. The molecule has 0 spiro atoms. The number of hydrogen-bond acceptors (Lipinski definition) is 3. The molecule has 0 radical (unpaired) electrons. The molecular weight excluding hydrogens is 329 g/mol. The maximum Gasteiger partial charge on any atom is 0.265 e. The van der Waals surface area contributed by atoms with Crippen LogP contribution in [0.25, 0.3) is 0 Å². The quantitative estimate of drug-likeness (QED) is 0.887. The second-order valence-corrected chi connectivity index (χ2v) is 6.98. The van der Waals surface area contributed by atoms with E-state index < -0.39 is 22.7 Å². The minimum Gasteiger partial charge on any atom is -0.492 e. The summed E-state index contributed by atoms with van der Waals surface area (Å²) in [6.07, 6.45) is 7.17. The SMILES string of the molecule is CS(=O)NC(=O)c1cc(Cl)c(OCC2CCCCC2)cc1F. The first-order chi connectivity index (χ1) is 10.5. The highest BCUT2D eigenvalue weighted by Crippen LogP contribution is 2.30. The Balaban J connectivity index is 2.05. The van der Waals surface area contributed by atoms with E-state index in [4.69, 9.17) is 16.3 Å². The van der Waals surface area contributed by atoms with Crippen molar-refractivity contribution in [1.29, 1.82) is 0 Å². The van der Waals surface area contributed by atoms with E-state index in [2.05, 4.69) is 4.72 Å². The smallest absolute Gasteiger partial charge is 0.265 e. The number of nitrogens with one attached hydrogen (secondary N) is 1. The third kappa shape index (κ3) is 4.68. The number of amides is 1.